The molecule has 106 valence electrons. The van der Waals surface area contributed by atoms with E-state index in [9.17, 15) is 4.79 Å². The van der Waals surface area contributed by atoms with E-state index in [0.29, 0.717) is 0 Å². The number of rotatable bonds is 4. The molecule has 0 spiro atoms. The minimum absolute atomic E-state index is 0.0444. The highest BCUT2D eigenvalue weighted by molar-refractivity contribution is 5.94. The molecule has 2 rings (SSSR count). The molecule has 1 aromatic heterocycles. The van der Waals surface area contributed by atoms with Gasteiger partial charge in [0.05, 0.1) is 6.04 Å². The number of aromatic nitrogens is 1. The van der Waals surface area contributed by atoms with Crippen LogP contribution in [0.1, 0.15) is 38.2 Å². The fourth-order valence-corrected chi connectivity index (χ4v) is 2.88. The Labute approximate surface area is 115 Å². The quantitative estimate of drug-likeness (QED) is 0.906. The van der Waals surface area contributed by atoms with E-state index in [1.807, 2.05) is 30.8 Å². The van der Waals surface area contributed by atoms with Crippen LogP contribution in [-0.2, 0) is 11.8 Å². The van der Waals surface area contributed by atoms with Gasteiger partial charge >= 0.3 is 0 Å². The van der Waals surface area contributed by atoms with Gasteiger partial charge in [0.25, 0.3) is 0 Å². The number of likely N-dealkylation sites (tertiary alicyclic amines) is 1. The highest BCUT2D eigenvalue weighted by Gasteiger charge is 2.28. The van der Waals surface area contributed by atoms with E-state index in [1.165, 1.54) is 6.42 Å². The number of piperidine rings is 1. The first-order valence-corrected chi connectivity index (χ1v) is 7.30. The molecule has 1 fully saturated rings. The normalized spacial score (nSPS) is 20.5. The second-order valence-electron chi connectivity index (χ2n) is 5.50. The lowest BCUT2D eigenvalue weighted by molar-refractivity contribution is -0.122. The number of aryl methyl sites for hydroxylation is 2. The Bertz CT molecular complexity index is 417. The fraction of sp³-hybridized carbons (Fsp3) is 0.667. The van der Waals surface area contributed by atoms with Crippen molar-refractivity contribution >= 4 is 11.7 Å². The summed E-state index contributed by atoms with van der Waals surface area (Å²) < 4.78 is 1.97. The third kappa shape index (κ3) is 3.18. The van der Waals surface area contributed by atoms with Crippen molar-refractivity contribution in [1.29, 1.82) is 0 Å². The summed E-state index contributed by atoms with van der Waals surface area (Å²) in [6, 6.07) is 2.07. The summed E-state index contributed by atoms with van der Waals surface area (Å²) in [6.45, 7) is 6.27. The van der Waals surface area contributed by atoms with Crippen LogP contribution in [0.3, 0.4) is 0 Å². The minimum atomic E-state index is 0.0444. The van der Waals surface area contributed by atoms with Gasteiger partial charge in [-0.3, -0.25) is 9.69 Å². The Balaban J connectivity index is 2.05. The van der Waals surface area contributed by atoms with Crippen molar-refractivity contribution in [1.82, 2.24) is 9.47 Å². The lowest BCUT2D eigenvalue weighted by atomic mass is 10.0. The molecule has 1 N–H and O–H groups in total. The Hall–Kier alpha value is -1.29. The van der Waals surface area contributed by atoms with Crippen LogP contribution in [0.2, 0.25) is 0 Å². The molecule has 0 bridgehead atoms. The number of hydrogen-bond donors (Lipinski definition) is 1. The summed E-state index contributed by atoms with van der Waals surface area (Å²) >= 11 is 0. The average Bonchev–Trinajstić information content (AvgIpc) is 2.71. The smallest absolute Gasteiger partial charge is 0.242 e. The molecule has 1 aromatic rings. The third-order valence-electron chi connectivity index (χ3n) is 3.94. The summed E-state index contributed by atoms with van der Waals surface area (Å²) in [7, 11) is 1.97. The van der Waals surface area contributed by atoms with E-state index in [0.717, 1.165) is 43.7 Å². The van der Waals surface area contributed by atoms with Gasteiger partial charge in [0.15, 0.2) is 0 Å². The van der Waals surface area contributed by atoms with Crippen molar-refractivity contribution in [3.8, 4) is 0 Å². The summed E-state index contributed by atoms with van der Waals surface area (Å²) in [5, 5.41) is 3.10. The highest BCUT2D eigenvalue weighted by Crippen LogP contribution is 2.20. The topological polar surface area (TPSA) is 37.3 Å². The first-order chi connectivity index (χ1) is 9.13. The average molecular weight is 263 g/mol. The van der Waals surface area contributed by atoms with E-state index in [4.69, 9.17) is 0 Å². The number of nitrogens with zero attached hydrogens (tertiary/aromatic N) is 2. The minimum Gasteiger partial charge on any atom is -0.337 e. The molecule has 0 aliphatic carbocycles. The van der Waals surface area contributed by atoms with Crippen molar-refractivity contribution in [2.75, 3.05) is 18.4 Å². The monoisotopic (exact) mass is 263 g/mol. The van der Waals surface area contributed by atoms with E-state index in [2.05, 4.69) is 17.1 Å². The molecule has 0 saturated carbocycles. The maximum Gasteiger partial charge on any atom is 0.242 e. The standard InChI is InChI=1S/C15H25N3O/c1-4-9-18-10-6-5-7-13(18)15(19)16-14-12(2)8-11-17(14)3/h8,11,13H,4-7,9-10H2,1-3H3,(H,16,19)/t13-/m0/s1. The molecule has 0 radical (unpaired) electrons. The van der Waals surface area contributed by atoms with Crippen LogP contribution in [-0.4, -0.2) is 34.5 Å². The van der Waals surface area contributed by atoms with Crippen LogP contribution in [0.25, 0.3) is 0 Å². The zero-order valence-electron chi connectivity index (χ0n) is 12.3. The van der Waals surface area contributed by atoms with Gasteiger partial charge in [0, 0.05) is 13.2 Å². The van der Waals surface area contributed by atoms with E-state index in [1.54, 1.807) is 0 Å². The predicted molar refractivity (Wildman–Crippen MR) is 78.3 cm³/mol. The number of anilines is 1. The van der Waals surface area contributed by atoms with Crippen LogP contribution in [0.15, 0.2) is 12.3 Å². The van der Waals surface area contributed by atoms with Crippen LogP contribution in [0.4, 0.5) is 5.82 Å². The molecule has 1 atom stereocenters. The third-order valence-corrected chi connectivity index (χ3v) is 3.94. The molecule has 4 heteroatoms. The molecule has 2 heterocycles. The fourth-order valence-electron chi connectivity index (χ4n) is 2.88. The zero-order chi connectivity index (χ0) is 13.8. The SMILES string of the molecule is CCCN1CCCC[C@H]1C(=O)Nc1c(C)ccn1C. The summed E-state index contributed by atoms with van der Waals surface area (Å²) in [5.74, 6) is 1.07. The Morgan fingerprint density at radius 1 is 1.47 bits per heavy atom. The first-order valence-electron chi connectivity index (χ1n) is 7.30. The van der Waals surface area contributed by atoms with E-state index < -0.39 is 0 Å². The Kier molecular flexibility index (Phi) is 4.64. The van der Waals surface area contributed by atoms with Crippen molar-refractivity contribution in [3.05, 3.63) is 17.8 Å². The van der Waals surface area contributed by atoms with Crippen LogP contribution in [0, 0.1) is 6.92 Å². The van der Waals surface area contributed by atoms with Crippen molar-refractivity contribution < 1.29 is 4.79 Å². The molecule has 1 aliphatic heterocycles. The maximum atomic E-state index is 12.5. The molecular weight excluding hydrogens is 238 g/mol. The molecule has 0 unspecified atom stereocenters. The van der Waals surface area contributed by atoms with E-state index in [-0.39, 0.29) is 11.9 Å². The summed E-state index contributed by atoms with van der Waals surface area (Å²) in [6.07, 6.45) is 6.44. The lowest BCUT2D eigenvalue weighted by Gasteiger charge is -2.34. The lowest BCUT2D eigenvalue weighted by Crippen LogP contribution is -2.47. The number of hydrogen-bond acceptors (Lipinski definition) is 2. The van der Waals surface area contributed by atoms with E-state index >= 15 is 0 Å². The van der Waals surface area contributed by atoms with Gasteiger partial charge < -0.3 is 9.88 Å². The zero-order valence-corrected chi connectivity index (χ0v) is 12.3. The van der Waals surface area contributed by atoms with Gasteiger partial charge in [-0.1, -0.05) is 13.3 Å². The number of carbonyl (C=O) groups is 1. The number of amides is 1. The highest BCUT2D eigenvalue weighted by atomic mass is 16.2. The molecule has 1 aliphatic rings. The Morgan fingerprint density at radius 3 is 2.89 bits per heavy atom. The van der Waals surface area contributed by atoms with Gasteiger partial charge in [-0.15, -0.1) is 0 Å². The van der Waals surface area contributed by atoms with Crippen LogP contribution in [0.5, 0.6) is 0 Å². The van der Waals surface area contributed by atoms with Gasteiger partial charge in [0.1, 0.15) is 5.82 Å². The number of carbonyl (C=O) groups excluding carboxylic acids is 1. The molecular formula is C15H25N3O. The number of nitrogens with one attached hydrogen (secondary N) is 1. The molecule has 4 nitrogen and oxygen atoms in total. The largest absolute Gasteiger partial charge is 0.337 e. The van der Waals surface area contributed by atoms with Crippen molar-refractivity contribution in [2.24, 2.45) is 7.05 Å². The second-order valence-corrected chi connectivity index (χ2v) is 5.50. The van der Waals surface area contributed by atoms with Crippen LogP contribution < -0.4 is 5.32 Å². The van der Waals surface area contributed by atoms with Gasteiger partial charge in [-0.25, -0.2) is 0 Å². The summed E-state index contributed by atoms with van der Waals surface area (Å²) in [4.78, 5) is 14.8. The van der Waals surface area contributed by atoms with Gasteiger partial charge in [0.2, 0.25) is 5.91 Å². The summed E-state index contributed by atoms with van der Waals surface area (Å²) in [5.41, 5.74) is 1.12. The second kappa shape index (κ2) is 6.24. The molecule has 1 saturated heterocycles. The van der Waals surface area contributed by atoms with Crippen molar-refractivity contribution in [3.63, 3.8) is 0 Å². The van der Waals surface area contributed by atoms with Gasteiger partial charge in [-0.05, 0) is 50.9 Å². The van der Waals surface area contributed by atoms with Gasteiger partial charge in [-0.2, -0.15) is 0 Å². The maximum absolute atomic E-state index is 12.5. The molecule has 1 amide bonds. The predicted octanol–water partition coefficient (Wildman–Crippen LogP) is 2.54. The molecule has 19 heavy (non-hydrogen) atoms. The first kappa shape index (κ1) is 14.1. The Morgan fingerprint density at radius 2 is 2.26 bits per heavy atom. The van der Waals surface area contributed by atoms with Crippen molar-refractivity contribution in [2.45, 2.75) is 45.6 Å². The van der Waals surface area contributed by atoms with Crippen LogP contribution >= 0.6 is 0 Å². The molecule has 0 aromatic carbocycles.